The molecule has 1 heterocycles. The summed E-state index contributed by atoms with van der Waals surface area (Å²) in [6.07, 6.45) is 3.99. The number of nitrogens with zero attached hydrogens (tertiary/aromatic N) is 1. The molecule has 0 unspecified atom stereocenters. The van der Waals surface area contributed by atoms with Crippen molar-refractivity contribution in [3.8, 4) is 0 Å². The van der Waals surface area contributed by atoms with E-state index >= 15 is 0 Å². The van der Waals surface area contributed by atoms with Crippen molar-refractivity contribution in [3.63, 3.8) is 0 Å². The summed E-state index contributed by atoms with van der Waals surface area (Å²) in [5, 5.41) is 0. The van der Waals surface area contributed by atoms with Gasteiger partial charge in [-0.3, -0.25) is 0 Å². The van der Waals surface area contributed by atoms with Crippen molar-refractivity contribution in [1.29, 1.82) is 0 Å². The molecule has 114 valence electrons. The number of ether oxygens (including phenoxy) is 1. The van der Waals surface area contributed by atoms with Crippen LogP contribution in [0.1, 0.15) is 46.1 Å². The number of hydrogen-bond donors (Lipinski definition) is 0. The van der Waals surface area contributed by atoms with Crippen molar-refractivity contribution in [2.75, 3.05) is 6.54 Å². The van der Waals surface area contributed by atoms with Crippen LogP contribution in [0.25, 0.3) is 5.57 Å². The van der Waals surface area contributed by atoms with E-state index in [1.54, 1.807) is 0 Å². The Morgan fingerprint density at radius 2 is 1.95 bits per heavy atom. The van der Waals surface area contributed by atoms with Crippen LogP contribution in [0.15, 0.2) is 36.5 Å². The molecule has 0 saturated carbocycles. The molecular formula is C18H25NO2. The third-order valence-electron chi connectivity index (χ3n) is 3.56. The Morgan fingerprint density at radius 3 is 2.57 bits per heavy atom. The molecule has 1 fully saturated rings. The van der Waals surface area contributed by atoms with E-state index in [-0.39, 0.29) is 12.0 Å². The van der Waals surface area contributed by atoms with Crippen LogP contribution in [0.5, 0.6) is 0 Å². The molecule has 2 rings (SSSR count). The van der Waals surface area contributed by atoms with Gasteiger partial charge in [0.25, 0.3) is 0 Å². The number of benzene rings is 1. The van der Waals surface area contributed by atoms with Crippen LogP contribution < -0.4 is 0 Å². The fraction of sp³-hybridized carbons (Fsp3) is 0.500. The summed E-state index contributed by atoms with van der Waals surface area (Å²) < 4.78 is 5.53. The smallest absolute Gasteiger partial charge is 0.329 e. The normalized spacial score (nSPS) is 19.7. The number of carbonyl (C=O) groups excluding carboxylic acids is 1. The van der Waals surface area contributed by atoms with E-state index in [0.717, 1.165) is 19.4 Å². The zero-order chi connectivity index (χ0) is 15.5. The van der Waals surface area contributed by atoms with Gasteiger partial charge in [-0.15, -0.1) is 0 Å². The molecule has 1 aliphatic heterocycles. The lowest BCUT2D eigenvalue weighted by atomic mass is 10.1. The van der Waals surface area contributed by atoms with Gasteiger partial charge in [-0.05, 0) is 51.7 Å². The molecule has 3 heteroatoms. The highest BCUT2D eigenvalue weighted by Gasteiger charge is 2.32. The third-order valence-corrected chi connectivity index (χ3v) is 3.56. The number of rotatable bonds is 3. The highest BCUT2D eigenvalue weighted by Crippen LogP contribution is 2.24. The first kappa shape index (κ1) is 15.6. The largest absolute Gasteiger partial charge is 0.458 e. The molecule has 0 aromatic heterocycles. The Balaban J connectivity index is 2.10. The van der Waals surface area contributed by atoms with Gasteiger partial charge in [0.1, 0.15) is 11.6 Å². The highest BCUT2D eigenvalue weighted by molar-refractivity contribution is 5.77. The topological polar surface area (TPSA) is 29.5 Å². The van der Waals surface area contributed by atoms with Crippen LogP contribution in [0.3, 0.4) is 0 Å². The van der Waals surface area contributed by atoms with E-state index in [1.165, 1.54) is 11.1 Å². The molecule has 3 nitrogen and oxygen atoms in total. The lowest BCUT2D eigenvalue weighted by Gasteiger charge is -2.27. The van der Waals surface area contributed by atoms with Gasteiger partial charge < -0.3 is 9.64 Å². The zero-order valence-corrected chi connectivity index (χ0v) is 13.4. The van der Waals surface area contributed by atoms with E-state index in [2.05, 4.69) is 30.2 Å². The highest BCUT2D eigenvalue weighted by atomic mass is 16.6. The Morgan fingerprint density at radius 1 is 1.29 bits per heavy atom. The van der Waals surface area contributed by atoms with Gasteiger partial charge in [0.05, 0.1) is 0 Å². The molecule has 1 aromatic carbocycles. The summed E-state index contributed by atoms with van der Waals surface area (Å²) in [6.45, 7) is 8.73. The molecule has 1 saturated heterocycles. The van der Waals surface area contributed by atoms with Crippen LogP contribution in [0.4, 0.5) is 0 Å². The standard InChI is InChI=1S/C18H25NO2/c1-14(15-9-6-5-7-10-15)13-19-12-8-11-16(19)17(20)21-18(2,3)4/h5-7,9-10,13,16H,8,11-12H2,1-4H3/b14-13+/t16-/m0/s1. The Bertz CT molecular complexity index is 514. The van der Waals surface area contributed by atoms with Gasteiger partial charge in [-0.1, -0.05) is 30.3 Å². The van der Waals surface area contributed by atoms with Crippen molar-refractivity contribution in [2.45, 2.75) is 52.2 Å². The fourth-order valence-corrected chi connectivity index (χ4v) is 2.59. The summed E-state index contributed by atoms with van der Waals surface area (Å²) in [6, 6.07) is 10.1. The van der Waals surface area contributed by atoms with Crippen molar-refractivity contribution in [3.05, 3.63) is 42.1 Å². The second kappa shape index (κ2) is 6.33. The summed E-state index contributed by atoms with van der Waals surface area (Å²) in [5.74, 6) is -0.114. The summed E-state index contributed by atoms with van der Waals surface area (Å²) in [5.41, 5.74) is 1.93. The first-order valence-electron chi connectivity index (χ1n) is 7.59. The molecule has 1 aromatic rings. The van der Waals surface area contributed by atoms with E-state index in [9.17, 15) is 4.79 Å². The number of allylic oxidation sites excluding steroid dienone is 1. The molecule has 0 bridgehead atoms. The fourth-order valence-electron chi connectivity index (χ4n) is 2.59. The van der Waals surface area contributed by atoms with Crippen LogP contribution in [0, 0.1) is 0 Å². The van der Waals surface area contributed by atoms with Gasteiger partial charge in [-0.2, -0.15) is 0 Å². The van der Waals surface area contributed by atoms with Crippen molar-refractivity contribution < 1.29 is 9.53 Å². The Hall–Kier alpha value is -1.77. The van der Waals surface area contributed by atoms with E-state index in [1.807, 2.05) is 39.0 Å². The minimum Gasteiger partial charge on any atom is -0.458 e. The summed E-state index contributed by atoms with van der Waals surface area (Å²) in [7, 11) is 0. The van der Waals surface area contributed by atoms with Crippen LogP contribution >= 0.6 is 0 Å². The number of esters is 1. The van der Waals surface area contributed by atoms with Gasteiger partial charge >= 0.3 is 5.97 Å². The molecular weight excluding hydrogens is 262 g/mol. The predicted octanol–water partition coefficient (Wildman–Crippen LogP) is 3.85. The molecule has 21 heavy (non-hydrogen) atoms. The minimum atomic E-state index is -0.427. The molecule has 0 N–H and O–H groups in total. The predicted molar refractivity (Wildman–Crippen MR) is 85.7 cm³/mol. The van der Waals surface area contributed by atoms with E-state index < -0.39 is 5.60 Å². The van der Waals surface area contributed by atoms with Gasteiger partial charge in [0.15, 0.2) is 0 Å². The monoisotopic (exact) mass is 287 g/mol. The Kier molecular flexibility index (Phi) is 4.71. The molecule has 0 aliphatic carbocycles. The van der Waals surface area contributed by atoms with E-state index in [0.29, 0.717) is 0 Å². The lowest BCUT2D eigenvalue weighted by Crippen LogP contribution is -2.38. The maximum absolute atomic E-state index is 12.3. The van der Waals surface area contributed by atoms with Crippen molar-refractivity contribution in [2.24, 2.45) is 0 Å². The minimum absolute atomic E-state index is 0.114. The maximum atomic E-state index is 12.3. The number of carbonyl (C=O) groups is 1. The van der Waals surface area contributed by atoms with Gasteiger partial charge in [0.2, 0.25) is 0 Å². The van der Waals surface area contributed by atoms with Gasteiger partial charge in [-0.25, -0.2) is 4.79 Å². The quantitative estimate of drug-likeness (QED) is 0.791. The first-order valence-corrected chi connectivity index (χ1v) is 7.59. The SMILES string of the molecule is C/C(=C\N1CCC[C@H]1C(=O)OC(C)(C)C)c1ccccc1. The van der Waals surface area contributed by atoms with Crippen LogP contribution in [-0.4, -0.2) is 29.1 Å². The Labute approximate surface area is 127 Å². The second-order valence-electron chi connectivity index (χ2n) is 6.61. The average molecular weight is 287 g/mol. The average Bonchev–Trinajstić information content (AvgIpc) is 2.86. The number of hydrogen-bond acceptors (Lipinski definition) is 3. The molecule has 0 spiro atoms. The first-order chi connectivity index (χ1) is 9.87. The maximum Gasteiger partial charge on any atom is 0.329 e. The van der Waals surface area contributed by atoms with Gasteiger partial charge in [0, 0.05) is 12.7 Å². The molecule has 1 atom stereocenters. The second-order valence-corrected chi connectivity index (χ2v) is 6.61. The van der Waals surface area contributed by atoms with E-state index in [4.69, 9.17) is 4.74 Å². The zero-order valence-electron chi connectivity index (χ0n) is 13.4. The lowest BCUT2D eigenvalue weighted by molar-refractivity contribution is -0.159. The number of likely N-dealkylation sites (tertiary alicyclic amines) is 1. The molecule has 0 radical (unpaired) electrons. The summed E-state index contributed by atoms with van der Waals surface area (Å²) >= 11 is 0. The summed E-state index contributed by atoms with van der Waals surface area (Å²) in [4.78, 5) is 14.4. The molecule has 1 aliphatic rings. The van der Waals surface area contributed by atoms with Crippen molar-refractivity contribution in [1.82, 2.24) is 4.90 Å². The van der Waals surface area contributed by atoms with Crippen LogP contribution in [0.2, 0.25) is 0 Å². The third kappa shape index (κ3) is 4.35. The van der Waals surface area contributed by atoms with Crippen molar-refractivity contribution >= 4 is 11.5 Å². The molecule has 0 amide bonds. The van der Waals surface area contributed by atoms with Crippen LogP contribution in [-0.2, 0) is 9.53 Å².